The molecule has 0 aliphatic carbocycles. The summed E-state index contributed by atoms with van der Waals surface area (Å²) in [6.45, 7) is 11.2. The van der Waals surface area contributed by atoms with Gasteiger partial charge in [0.25, 0.3) is 5.91 Å². The Labute approximate surface area is 189 Å². The lowest BCUT2D eigenvalue weighted by Gasteiger charge is -2.20. The number of carbonyl (C=O) groups is 2. The van der Waals surface area contributed by atoms with Gasteiger partial charge in [-0.25, -0.2) is 4.39 Å². The molecule has 0 bridgehead atoms. The smallest absolute Gasteiger partial charge is 0.264 e. The molecule has 32 heavy (non-hydrogen) atoms. The maximum Gasteiger partial charge on any atom is 0.264 e. The summed E-state index contributed by atoms with van der Waals surface area (Å²) in [5, 5.41) is 12.3. The molecule has 1 N–H and O–H groups in total. The van der Waals surface area contributed by atoms with E-state index >= 15 is 0 Å². The molecule has 0 atom stereocenters. The van der Waals surface area contributed by atoms with Gasteiger partial charge in [0, 0.05) is 31.0 Å². The second-order valence-corrected chi connectivity index (χ2v) is 8.22. The van der Waals surface area contributed by atoms with Crippen LogP contribution in [0.4, 0.5) is 4.39 Å². The molecule has 1 aromatic heterocycles. The van der Waals surface area contributed by atoms with E-state index in [0.717, 1.165) is 29.1 Å². The van der Waals surface area contributed by atoms with Gasteiger partial charge in [-0.1, -0.05) is 26.0 Å². The number of hydrogen-bond acceptors (Lipinski definition) is 3. The number of aryl methyl sites for hydroxylation is 1. The number of aromatic nitrogens is 1. The minimum Gasteiger partial charge on any atom is -0.350 e. The minimum atomic E-state index is -0.486. The maximum absolute atomic E-state index is 13.0. The van der Waals surface area contributed by atoms with Crippen LogP contribution in [0.25, 0.3) is 6.08 Å². The number of rotatable bonds is 9. The number of hydrogen-bond donors (Lipinski definition) is 1. The molecule has 6 nitrogen and oxygen atoms in total. The van der Waals surface area contributed by atoms with Gasteiger partial charge in [0.15, 0.2) is 0 Å². The fourth-order valence-electron chi connectivity index (χ4n) is 3.45. The van der Waals surface area contributed by atoms with E-state index in [4.69, 9.17) is 0 Å². The van der Waals surface area contributed by atoms with E-state index < -0.39 is 5.91 Å². The maximum atomic E-state index is 13.0. The van der Waals surface area contributed by atoms with Crippen LogP contribution < -0.4 is 5.32 Å². The first kappa shape index (κ1) is 24.9. The number of nitrogens with one attached hydrogen (secondary N) is 1. The molecule has 0 fully saturated rings. The van der Waals surface area contributed by atoms with Crippen LogP contribution in [-0.2, 0) is 22.7 Å². The molecule has 2 amide bonds. The molecule has 2 rings (SSSR count). The summed E-state index contributed by atoms with van der Waals surface area (Å²) in [5.41, 5.74) is 3.63. The third kappa shape index (κ3) is 6.55. The van der Waals surface area contributed by atoms with E-state index in [9.17, 15) is 19.2 Å². The standard InChI is InChI=1S/C25H31FN4O2/c1-6-29(16-24(31)28-14-20-7-9-23(26)10-8-20)25(32)22(13-27)12-21-11-18(4)30(19(21)5)15-17(2)3/h7-12,17H,6,14-16H2,1-5H3,(H,28,31)/b22-12+. The highest BCUT2D eigenvalue weighted by Crippen LogP contribution is 2.20. The predicted molar refractivity (Wildman–Crippen MR) is 123 cm³/mol. The first-order valence-corrected chi connectivity index (χ1v) is 10.7. The first-order valence-electron chi connectivity index (χ1n) is 10.7. The molecule has 0 spiro atoms. The summed E-state index contributed by atoms with van der Waals surface area (Å²) in [5.74, 6) is -0.709. The third-order valence-electron chi connectivity index (χ3n) is 5.22. The van der Waals surface area contributed by atoms with E-state index in [1.54, 1.807) is 25.1 Å². The Balaban J connectivity index is 2.11. The SMILES string of the molecule is CCN(CC(=O)NCc1ccc(F)cc1)C(=O)/C(C#N)=C/c1cc(C)n(CC(C)C)c1C. The average molecular weight is 439 g/mol. The van der Waals surface area contributed by atoms with Crippen molar-refractivity contribution in [1.29, 1.82) is 5.26 Å². The van der Waals surface area contributed by atoms with Crippen LogP contribution in [0.1, 0.15) is 43.3 Å². The zero-order chi connectivity index (χ0) is 23.8. The van der Waals surface area contributed by atoms with Gasteiger partial charge in [-0.05, 0) is 62.1 Å². The average Bonchev–Trinajstić information content (AvgIpc) is 3.01. The second kappa shape index (κ2) is 11.3. The van der Waals surface area contributed by atoms with Gasteiger partial charge in [-0.15, -0.1) is 0 Å². The molecule has 0 aliphatic rings. The van der Waals surface area contributed by atoms with Crippen LogP contribution in [0.5, 0.6) is 0 Å². The number of halogens is 1. The molecular weight excluding hydrogens is 407 g/mol. The highest BCUT2D eigenvalue weighted by Gasteiger charge is 2.20. The van der Waals surface area contributed by atoms with Gasteiger partial charge in [-0.3, -0.25) is 9.59 Å². The molecule has 0 unspecified atom stereocenters. The molecule has 0 radical (unpaired) electrons. The molecule has 1 heterocycles. The lowest BCUT2D eigenvalue weighted by atomic mass is 10.1. The lowest BCUT2D eigenvalue weighted by molar-refractivity contribution is -0.132. The monoisotopic (exact) mass is 438 g/mol. The number of nitriles is 1. The Kier molecular flexibility index (Phi) is 8.77. The van der Waals surface area contributed by atoms with Gasteiger partial charge >= 0.3 is 0 Å². The summed E-state index contributed by atoms with van der Waals surface area (Å²) in [4.78, 5) is 26.6. The van der Waals surface area contributed by atoms with Gasteiger partial charge in [0.05, 0.1) is 6.54 Å². The third-order valence-corrected chi connectivity index (χ3v) is 5.22. The second-order valence-electron chi connectivity index (χ2n) is 8.22. The highest BCUT2D eigenvalue weighted by molar-refractivity contribution is 6.03. The summed E-state index contributed by atoms with van der Waals surface area (Å²) in [6, 6.07) is 9.78. The van der Waals surface area contributed by atoms with Gasteiger partial charge in [0.2, 0.25) is 5.91 Å². The van der Waals surface area contributed by atoms with E-state index in [-0.39, 0.29) is 36.9 Å². The van der Waals surface area contributed by atoms with Crippen molar-refractivity contribution in [3.8, 4) is 6.07 Å². The Morgan fingerprint density at radius 1 is 1.25 bits per heavy atom. The Hall–Kier alpha value is -3.40. The van der Waals surface area contributed by atoms with Crippen LogP contribution in [0.2, 0.25) is 0 Å². The fraction of sp³-hybridized carbons (Fsp3) is 0.400. The zero-order valence-electron chi connectivity index (χ0n) is 19.4. The largest absolute Gasteiger partial charge is 0.350 e. The van der Waals surface area contributed by atoms with Crippen molar-refractivity contribution in [2.45, 2.75) is 47.7 Å². The summed E-state index contributed by atoms with van der Waals surface area (Å²) >= 11 is 0. The van der Waals surface area contributed by atoms with Gasteiger partial charge in [-0.2, -0.15) is 5.26 Å². The number of benzene rings is 1. The fourth-order valence-corrected chi connectivity index (χ4v) is 3.45. The lowest BCUT2D eigenvalue weighted by Crippen LogP contribution is -2.40. The number of amides is 2. The predicted octanol–water partition coefficient (Wildman–Crippen LogP) is 3.97. The molecule has 0 aliphatic heterocycles. The van der Waals surface area contributed by atoms with Crippen molar-refractivity contribution in [2.24, 2.45) is 5.92 Å². The van der Waals surface area contributed by atoms with Crippen molar-refractivity contribution in [1.82, 2.24) is 14.8 Å². The first-order chi connectivity index (χ1) is 15.2. The Morgan fingerprint density at radius 3 is 2.47 bits per heavy atom. The summed E-state index contributed by atoms with van der Waals surface area (Å²) in [6.07, 6.45) is 1.60. The number of likely N-dealkylation sites (N-methyl/N-ethyl adjacent to an activating group) is 1. The topological polar surface area (TPSA) is 78.1 Å². The molecule has 1 aromatic carbocycles. The summed E-state index contributed by atoms with van der Waals surface area (Å²) in [7, 11) is 0. The van der Waals surface area contributed by atoms with Crippen molar-refractivity contribution in [3.63, 3.8) is 0 Å². The van der Waals surface area contributed by atoms with Crippen LogP contribution >= 0.6 is 0 Å². The van der Waals surface area contributed by atoms with Crippen molar-refractivity contribution in [3.05, 3.63) is 64.2 Å². The van der Waals surface area contributed by atoms with Crippen LogP contribution in [0, 0.1) is 36.9 Å². The van der Waals surface area contributed by atoms with Crippen LogP contribution in [0.3, 0.4) is 0 Å². The Bertz CT molecular complexity index is 1030. The summed E-state index contributed by atoms with van der Waals surface area (Å²) < 4.78 is 15.2. The van der Waals surface area contributed by atoms with Crippen molar-refractivity contribution in [2.75, 3.05) is 13.1 Å². The zero-order valence-corrected chi connectivity index (χ0v) is 19.4. The van der Waals surface area contributed by atoms with E-state index in [1.807, 2.05) is 26.0 Å². The van der Waals surface area contributed by atoms with Crippen molar-refractivity contribution < 1.29 is 14.0 Å². The van der Waals surface area contributed by atoms with Gasteiger partial charge < -0.3 is 14.8 Å². The molecule has 2 aromatic rings. The highest BCUT2D eigenvalue weighted by atomic mass is 19.1. The number of nitrogens with zero attached hydrogens (tertiary/aromatic N) is 3. The van der Waals surface area contributed by atoms with E-state index in [0.29, 0.717) is 5.92 Å². The normalized spacial score (nSPS) is 11.4. The minimum absolute atomic E-state index is 0.0111. The number of carbonyl (C=O) groups excluding carboxylic acids is 2. The van der Waals surface area contributed by atoms with Crippen LogP contribution in [0.15, 0.2) is 35.9 Å². The molecule has 7 heteroatoms. The van der Waals surface area contributed by atoms with E-state index in [1.165, 1.54) is 17.0 Å². The molecule has 0 saturated carbocycles. The van der Waals surface area contributed by atoms with Crippen LogP contribution in [-0.4, -0.2) is 34.4 Å². The molecule has 0 saturated heterocycles. The molecular formula is C25H31FN4O2. The quantitative estimate of drug-likeness (QED) is 0.475. The van der Waals surface area contributed by atoms with Crippen molar-refractivity contribution >= 4 is 17.9 Å². The Morgan fingerprint density at radius 2 is 1.91 bits per heavy atom. The van der Waals surface area contributed by atoms with Gasteiger partial charge in [0.1, 0.15) is 17.5 Å². The molecule has 170 valence electrons. The van der Waals surface area contributed by atoms with E-state index in [2.05, 4.69) is 23.7 Å².